The molecule has 2 heterocycles. The van der Waals surface area contributed by atoms with Crippen LogP contribution in [0.1, 0.15) is 6.92 Å². The van der Waals surface area contributed by atoms with Crippen LogP contribution in [0.15, 0.2) is 0 Å². The highest BCUT2D eigenvalue weighted by Gasteiger charge is 2.57. The molecule has 10 heteroatoms. The van der Waals surface area contributed by atoms with Gasteiger partial charge in [0.1, 0.15) is 37.1 Å². The average Bonchev–Trinajstić information content (AvgIpc) is 2.80. The summed E-state index contributed by atoms with van der Waals surface area (Å²) in [5.41, 5.74) is 0. The van der Waals surface area contributed by atoms with Crippen molar-refractivity contribution in [2.75, 3.05) is 19.8 Å². The molecule has 9 atom stereocenters. The zero-order chi connectivity index (χ0) is 17.4. The molecule has 2 rings (SSSR count). The van der Waals surface area contributed by atoms with Crippen LogP contribution in [0.3, 0.4) is 0 Å². The van der Waals surface area contributed by atoms with Crippen molar-refractivity contribution < 1.29 is 50.0 Å². The maximum absolute atomic E-state index is 10.2. The lowest BCUT2D eigenvalue weighted by Crippen LogP contribution is -2.62. The highest BCUT2D eigenvalue weighted by Crippen LogP contribution is 2.38. The van der Waals surface area contributed by atoms with Crippen molar-refractivity contribution in [1.82, 2.24) is 0 Å². The molecule has 0 aliphatic carbocycles. The summed E-state index contributed by atoms with van der Waals surface area (Å²) in [6.07, 6.45) is -9.82. The van der Waals surface area contributed by atoms with Crippen LogP contribution >= 0.6 is 0 Å². The van der Waals surface area contributed by atoms with E-state index >= 15 is 0 Å². The number of aliphatic hydroxyl groups is 7. The fraction of sp³-hybridized carbons (Fsp3) is 1.00. The van der Waals surface area contributed by atoms with E-state index in [1.807, 2.05) is 0 Å². The molecular formula is C13H24O10. The first-order valence-corrected chi connectivity index (χ1v) is 7.37. The zero-order valence-corrected chi connectivity index (χ0v) is 12.6. The molecule has 0 aromatic heterocycles. The Kier molecular flexibility index (Phi) is 5.95. The van der Waals surface area contributed by atoms with E-state index < -0.39 is 74.4 Å². The highest BCUT2D eigenvalue weighted by atomic mass is 16.8. The minimum absolute atomic E-state index is 0.419. The van der Waals surface area contributed by atoms with Crippen molar-refractivity contribution in [1.29, 1.82) is 0 Å². The predicted molar refractivity (Wildman–Crippen MR) is 71.8 cm³/mol. The van der Waals surface area contributed by atoms with Gasteiger partial charge in [-0.2, -0.15) is 0 Å². The molecule has 0 saturated carbocycles. The van der Waals surface area contributed by atoms with Gasteiger partial charge < -0.3 is 50.0 Å². The van der Waals surface area contributed by atoms with Crippen LogP contribution in [-0.2, 0) is 14.2 Å². The highest BCUT2D eigenvalue weighted by molar-refractivity contribution is 4.96. The summed E-state index contributed by atoms with van der Waals surface area (Å²) in [5.74, 6) is -2.54. The minimum atomic E-state index is -1.97. The largest absolute Gasteiger partial charge is 0.394 e. The molecule has 136 valence electrons. The van der Waals surface area contributed by atoms with Crippen molar-refractivity contribution in [3.8, 4) is 0 Å². The average molecular weight is 340 g/mol. The van der Waals surface area contributed by atoms with Crippen molar-refractivity contribution in [2.24, 2.45) is 5.92 Å². The Morgan fingerprint density at radius 3 is 2.00 bits per heavy atom. The number of hydrogen-bond donors (Lipinski definition) is 7. The lowest BCUT2D eigenvalue weighted by molar-refractivity contribution is -0.383. The molecule has 0 unspecified atom stereocenters. The van der Waals surface area contributed by atoms with Gasteiger partial charge >= 0.3 is 0 Å². The van der Waals surface area contributed by atoms with Gasteiger partial charge in [-0.25, -0.2) is 0 Å². The van der Waals surface area contributed by atoms with Gasteiger partial charge in [-0.05, 0) is 0 Å². The third-order valence-electron chi connectivity index (χ3n) is 4.45. The maximum atomic E-state index is 10.2. The van der Waals surface area contributed by atoms with E-state index in [0.29, 0.717) is 0 Å². The van der Waals surface area contributed by atoms with Gasteiger partial charge in [0.05, 0.1) is 19.3 Å². The number of aliphatic hydroxyl groups excluding tert-OH is 7. The summed E-state index contributed by atoms with van der Waals surface area (Å²) in [6.45, 7) is -0.280. The number of rotatable bonds is 5. The molecule has 0 spiro atoms. The molecule has 2 aliphatic rings. The van der Waals surface area contributed by atoms with Crippen molar-refractivity contribution in [2.45, 2.75) is 55.6 Å². The van der Waals surface area contributed by atoms with Crippen LogP contribution in [0.25, 0.3) is 0 Å². The lowest BCUT2D eigenvalue weighted by atomic mass is 9.96. The molecule has 0 amide bonds. The summed E-state index contributed by atoms with van der Waals surface area (Å²) in [4.78, 5) is 0. The van der Waals surface area contributed by atoms with Crippen molar-refractivity contribution >= 4 is 0 Å². The molecule has 2 fully saturated rings. The number of ether oxygens (including phenoxy) is 3. The van der Waals surface area contributed by atoms with Crippen LogP contribution in [0.5, 0.6) is 0 Å². The summed E-state index contributed by atoms with van der Waals surface area (Å²) in [5, 5.41) is 67.6. The Bertz CT molecular complexity index is 393. The smallest absolute Gasteiger partial charge is 0.221 e. The van der Waals surface area contributed by atoms with Gasteiger partial charge in [-0.15, -0.1) is 0 Å². The first kappa shape index (κ1) is 18.9. The lowest BCUT2D eigenvalue weighted by Gasteiger charge is -2.43. The summed E-state index contributed by atoms with van der Waals surface area (Å²) in [6, 6.07) is 0. The fourth-order valence-corrected chi connectivity index (χ4v) is 2.87. The SMILES string of the molecule is C[C@@H]1[C@@H](CO)O[C@@](CO)(O[C@H]2O[C@H](CO)[C@@H](O)[C@H](O)[C@H]2O)[C@H]1O. The maximum Gasteiger partial charge on any atom is 0.221 e. The molecule has 0 bridgehead atoms. The van der Waals surface area contributed by atoms with Crippen molar-refractivity contribution in [3.63, 3.8) is 0 Å². The van der Waals surface area contributed by atoms with Gasteiger partial charge in [-0.3, -0.25) is 0 Å². The molecule has 2 saturated heterocycles. The van der Waals surface area contributed by atoms with E-state index in [4.69, 9.17) is 19.3 Å². The molecule has 23 heavy (non-hydrogen) atoms. The number of hydrogen-bond acceptors (Lipinski definition) is 10. The van der Waals surface area contributed by atoms with Gasteiger partial charge in [0, 0.05) is 5.92 Å². The second-order valence-electron chi connectivity index (χ2n) is 5.93. The summed E-state index contributed by atoms with van der Waals surface area (Å²) < 4.78 is 15.9. The molecule has 7 N–H and O–H groups in total. The summed E-state index contributed by atoms with van der Waals surface area (Å²) >= 11 is 0. The molecule has 10 nitrogen and oxygen atoms in total. The second kappa shape index (κ2) is 7.23. The molecule has 2 aliphatic heterocycles. The first-order valence-electron chi connectivity index (χ1n) is 7.37. The van der Waals surface area contributed by atoms with Gasteiger partial charge in [-0.1, -0.05) is 6.92 Å². The second-order valence-corrected chi connectivity index (χ2v) is 5.93. The van der Waals surface area contributed by atoms with E-state index in [-0.39, 0.29) is 0 Å². The van der Waals surface area contributed by atoms with E-state index in [0.717, 1.165) is 0 Å². The van der Waals surface area contributed by atoms with Gasteiger partial charge in [0.25, 0.3) is 0 Å². The fourth-order valence-electron chi connectivity index (χ4n) is 2.87. The van der Waals surface area contributed by atoms with Crippen LogP contribution in [0, 0.1) is 5.92 Å². The summed E-state index contributed by atoms with van der Waals surface area (Å²) in [7, 11) is 0. The van der Waals surface area contributed by atoms with Crippen LogP contribution in [0.2, 0.25) is 0 Å². The van der Waals surface area contributed by atoms with Gasteiger partial charge in [0.2, 0.25) is 5.79 Å². The Labute approximate surface area is 132 Å². The normalized spacial score (nSPS) is 51.1. The Balaban J connectivity index is 2.18. The predicted octanol–water partition coefficient (Wildman–Crippen LogP) is -4.12. The Morgan fingerprint density at radius 2 is 1.52 bits per heavy atom. The quantitative estimate of drug-likeness (QED) is 0.261. The monoisotopic (exact) mass is 340 g/mol. The molecule has 0 radical (unpaired) electrons. The van der Waals surface area contributed by atoms with E-state index in [1.54, 1.807) is 6.92 Å². The minimum Gasteiger partial charge on any atom is -0.394 e. The third-order valence-corrected chi connectivity index (χ3v) is 4.45. The van der Waals surface area contributed by atoms with E-state index in [9.17, 15) is 30.6 Å². The molecular weight excluding hydrogens is 316 g/mol. The topological polar surface area (TPSA) is 169 Å². The Hall–Kier alpha value is -0.400. The molecule has 0 aromatic rings. The van der Waals surface area contributed by atoms with Crippen LogP contribution in [0.4, 0.5) is 0 Å². The molecule has 0 aromatic carbocycles. The van der Waals surface area contributed by atoms with E-state index in [1.165, 1.54) is 0 Å². The zero-order valence-electron chi connectivity index (χ0n) is 12.6. The van der Waals surface area contributed by atoms with E-state index in [2.05, 4.69) is 0 Å². The first-order chi connectivity index (χ1) is 10.8. The van der Waals surface area contributed by atoms with Gasteiger partial charge in [0.15, 0.2) is 6.29 Å². The standard InChI is InChI=1S/C13H24O10/c1-5-6(2-14)22-13(4-16,11(5)20)23-12-10(19)9(18)8(17)7(3-15)21-12/h5-12,14-20H,2-4H2,1H3/t5-,6-,7-,8-,9+,10-,11+,12-,13+/m1/s1. The third kappa shape index (κ3) is 3.24. The van der Waals surface area contributed by atoms with Crippen LogP contribution in [-0.4, -0.2) is 104 Å². The Morgan fingerprint density at radius 1 is 0.913 bits per heavy atom. The van der Waals surface area contributed by atoms with Crippen LogP contribution < -0.4 is 0 Å². The van der Waals surface area contributed by atoms with Crippen molar-refractivity contribution in [3.05, 3.63) is 0 Å².